The predicted molar refractivity (Wildman–Crippen MR) is 47.2 cm³/mol. The molecule has 1 nitrogen and oxygen atoms in total. The van der Waals surface area contributed by atoms with Crippen molar-refractivity contribution in [1.29, 1.82) is 0 Å². The Morgan fingerprint density at radius 1 is 1.19 bits per heavy atom. The van der Waals surface area contributed by atoms with Gasteiger partial charge >= 0.3 is 6.18 Å². The molecule has 1 fully saturated rings. The molecule has 0 aliphatic heterocycles. The second kappa shape index (κ2) is 4.67. The third kappa shape index (κ3) is 4.45. The zero-order chi connectivity index (χ0) is 12.4. The lowest BCUT2D eigenvalue weighted by molar-refractivity contribution is -0.146. The van der Waals surface area contributed by atoms with E-state index in [2.05, 4.69) is 0 Å². The van der Waals surface area contributed by atoms with Crippen LogP contribution >= 0.6 is 0 Å². The predicted octanol–water partition coefficient (Wildman–Crippen LogP) is 3.72. The quantitative estimate of drug-likeness (QED) is 0.691. The molecule has 0 aromatic rings. The molecule has 1 rings (SSSR count). The number of alkyl halides is 5. The Balaban J connectivity index is 2.34. The molecule has 1 aliphatic rings. The van der Waals surface area contributed by atoms with Gasteiger partial charge in [-0.1, -0.05) is 0 Å². The molecule has 6 heteroatoms. The summed E-state index contributed by atoms with van der Waals surface area (Å²) in [4.78, 5) is 11.3. The van der Waals surface area contributed by atoms with Gasteiger partial charge in [-0.25, -0.2) is 8.78 Å². The van der Waals surface area contributed by atoms with Crippen LogP contribution in [0.3, 0.4) is 0 Å². The molecule has 0 aromatic carbocycles. The third-order valence-electron chi connectivity index (χ3n) is 2.83. The van der Waals surface area contributed by atoms with Crippen molar-refractivity contribution in [3.8, 4) is 0 Å². The number of carbonyl (C=O) groups is 1. The topological polar surface area (TPSA) is 17.1 Å². The van der Waals surface area contributed by atoms with E-state index in [0.717, 1.165) is 0 Å². The first kappa shape index (κ1) is 13.4. The molecule has 0 atom stereocenters. The van der Waals surface area contributed by atoms with E-state index in [1.54, 1.807) is 0 Å². The molecule has 0 N–H and O–H groups in total. The van der Waals surface area contributed by atoms with E-state index >= 15 is 0 Å². The van der Waals surface area contributed by atoms with Crippen LogP contribution in [0.15, 0.2) is 0 Å². The van der Waals surface area contributed by atoms with Crippen molar-refractivity contribution in [1.82, 2.24) is 0 Å². The van der Waals surface area contributed by atoms with Crippen LogP contribution in [0.2, 0.25) is 0 Å². The summed E-state index contributed by atoms with van der Waals surface area (Å²) in [7, 11) is 0. The normalized spacial score (nSPS) is 22.1. The largest absolute Gasteiger partial charge is 0.389 e. The van der Waals surface area contributed by atoms with Crippen LogP contribution in [0, 0.1) is 5.92 Å². The minimum Gasteiger partial charge on any atom is -0.299 e. The van der Waals surface area contributed by atoms with Crippen LogP contribution in [-0.2, 0) is 4.79 Å². The standard InChI is InChI=1S/C10H13F5O/c11-9(12)4-1-7(2-5-9)8(16)3-6-10(13,14)15/h7H,1-6H2. The average molecular weight is 244 g/mol. The first-order valence-corrected chi connectivity index (χ1v) is 5.17. The number of carbonyl (C=O) groups excluding carboxylic acids is 1. The Hall–Kier alpha value is -0.680. The highest BCUT2D eigenvalue weighted by Crippen LogP contribution is 2.37. The highest BCUT2D eigenvalue weighted by molar-refractivity contribution is 5.81. The van der Waals surface area contributed by atoms with Crippen molar-refractivity contribution in [2.24, 2.45) is 5.92 Å². The maximum Gasteiger partial charge on any atom is 0.389 e. The Kier molecular flexibility index (Phi) is 3.91. The van der Waals surface area contributed by atoms with Gasteiger partial charge in [0.05, 0.1) is 6.42 Å². The molecule has 0 aromatic heterocycles. The summed E-state index contributed by atoms with van der Waals surface area (Å²) in [5.74, 6) is -3.89. The van der Waals surface area contributed by atoms with E-state index in [0.29, 0.717) is 0 Å². The van der Waals surface area contributed by atoms with Gasteiger partial charge in [-0.15, -0.1) is 0 Å². The van der Waals surface area contributed by atoms with Crippen molar-refractivity contribution in [2.45, 2.75) is 50.6 Å². The third-order valence-corrected chi connectivity index (χ3v) is 2.83. The van der Waals surface area contributed by atoms with Crippen molar-refractivity contribution >= 4 is 5.78 Å². The molecular formula is C10H13F5O. The van der Waals surface area contributed by atoms with Gasteiger partial charge < -0.3 is 0 Å². The lowest BCUT2D eigenvalue weighted by atomic mass is 9.83. The van der Waals surface area contributed by atoms with E-state index in [1.165, 1.54) is 0 Å². The summed E-state index contributed by atoms with van der Waals surface area (Å²) < 4.78 is 61.0. The van der Waals surface area contributed by atoms with Gasteiger partial charge in [-0.2, -0.15) is 13.2 Å². The molecule has 0 radical (unpaired) electrons. The van der Waals surface area contributed by atoms with Gasteiger partial charge in [-0.3, -0.25) is 4.79 Å². The number of hydrogen-bond acceptors (Lipinski definition) is 1. The minimum absolute atomic E-state index is 0.00366. The molecular weight excluding hydrogens is 231 g/mol. The number of rotatable bonds is 3. The monoisotopic (exact) mass is 244 g/mol. The Bertz CT molecular complexity index is 248. The lowest BCUT2D eigenvalue weighted by Gasteiger charge is -2.27. The molecule has 1 aliphatic carbocycles. The van der Waals surface area contributed by atoms with Crippen LogP contribution in [-0.4, -0.2) is 17.9 Å². The zero-order valence-corrected chi connectivity index (χ0v) is 8.62. The summed E-state index contributed by atoms with van der Waals surface area (Å²) in [5, 5.41) is 0. The van der Waals surface area contributed by atoms with E-state index in [-0.39, 0.29) is 12.8 Å². The van der Waals surface area contributed by atoms with Gasteiger partial charge in [0.1, 0.15) is 5.78 Å². The molecule has 1 saturated carbocycles. The summed E-state index contributed by atoms with van der Waals surface area (Å²) in [6, 6.07) is 0. The van der Waals surface area contributed by atoms with Crippen molar-refractivity contribution in [3.63, 3.8) is 0 Å². The highest BCUT2D eigenvalue weighted by Gasteiger charge is 2.38. The highest BCUT2D eigenvalue weighted by atomic mass is 19.4. The van der Waals surface area contributed by atoms with Crippen molar-refractivity contribution in [3.05, 3.63) is 0 Å². The Morgan fingerprint density at radius 2 is 1.69 bits per heavy atom. The average Bonchev–Trinajstić information content (AvgIpc) is 2.13. The maximum atomic E-state index is 12.7. The van der Waals surface area contributed by atoms with Gasteiger partial charge in [0.25, 0.3) is 0 Å². The van der Waals surface area contributed by atoms with Crippen LogP contribution in [0.25, 0.3) is 0 Å². The van der Waals surface area contributed by atoms with Gasteiger partial charge in [-0.05, 0) is 12.8 Å². The molecule has 0 spiro atoms. The molecule has 0 bridgehead atoms. The van der Waals surface area contributed by atoms with Crippen LogP contribution in [0.4, 0.5) is 22.0 Å². The number of Topliss-reactive ketones (excluding diaryl/α,β-unsaturated/α-hetero) is 1. The number of ketones is 1. The fourth-order valence-corrected chi connectivity index (χ4v) is 1.83. The second-order valence-electron chi connectivity index (χ2n) is 4.21. The van der Waals surface area contributed by atoms with E-state index in [4.69, 9.17) is 0 Å². The first-order valence-electron chi connectivity index (χ1n) is 5.17. The lowest BCUT2D eigenvalue weighted by Crippen LogP contribution is -2.29. The van der Waals surface area contributed by atoms with Crippen molar-refractivity contribution < 1.29 is 26.7 Å². The summed E-state index contributed by atoms with van der Waals surface area (Å²) >= 11 is 0. The molecule has 0 saturated heterocycles. The summed E-state index contributed by atoms with van der Waals surface area (Å²) in [6.45, 7) is 0. The molecule has 0 unspecified atom stereocenters. The van der Waals surface area contributed by atoms with Crippen LogP contribution < -0.4 is 0 Å². The molecule has 0 amide bonds. The second-order valence-corrected chi connectivity index (χ2v) is 4.21. The Morgan fingerprint density at radius 3 is 2.12 bits per heavy atom. The van der Waals surface area contributed by atoms with E-state index in [1.807, 2.05) is 0 Å². The first-order chi connectivity index (χ1) is 7.20. The van der Waals surface area contributed by atoms with Gasteiger partial charge in [0.15, 0.2) is 0 Å². The zero-order valence-electron chi connectivity index (χ0n) is 8.62. The number of halogens is 5. The smallest absolute Gasteiger partial charge is 0.299 e. The van der Waals surface area contributed by atoms with Gasteiger partial charge in [0.2, 0.25) is 5.92 Å². The maximum absolute atomic E-state index is 12.7. The van der Waals surface area contributed by atoms with Crippen LogP contribution in [0.5, 0.6) is 0 Å². The SMILES string of the molecule is O=C(CCC(F)(F)F)C1CCC(F)(F)CC1. The van der Waals surface area contributed by atoms with E-state index in [9.17, 15) is 26.7 Å². The fourth-order valence-electron chi connectivity index (χ4n) is 1.83. The van der Waals surface area contributed by atoms with Gasteiger partial charge in [0, 0.05) is 25.2 Å². The minimum atomic E-state index is -4.35. The van der Waals surface area contributed by atoms with Crippen molar-refractivity contribution in [2.75, 3.05) is 0 Å². The van der Waals surface area contributed by atoms with Crippen LogP contribution in [0.1, 0.15) is 38.5 Å². The summed E-state index contributed by atoms with van der Waals surface area (Å²) in [6.07, 6.45) is -6.87. The molecule has 0 heterocycles. The molecule has 16 heavy (non-hydrogen) atoms. The fraction of sp³-hybridized carbons (Fsp3) is 0.900. The number of hydrogen-bond donors (Lipinski definition) is 0. The van der Waals surface area contributed by atoms with E-state index < -0.39 is 49.5 Å². The Labute approximate surface area is 90.0 Å². The molecule has 94 valence electrons. The summed E-state index contributed by atoms with van der Waals surface area (Å²) in [5.41, 5.74) is 0.